The molecule has 0 aromatic heterocycles. The predicted molar refractivity (Wildman–Crippen MR) is 156 cm³/mol. The zero-order valence-electron chi connectivity index (χ0n) is 23.5. The van der Waals surface area contributed by atoms with E-state index in [1.54, 1.807) is 0 Å². The second-order valence-electron chi connectivity index (χ2n) is 9.94. The highest BCUT2D eigenvalue weighted by atomic mass is 16.4. The highest BCUT2D eigenvalue weighted by Gasteiger charge is 2.38. The number of hydrogen-bond acceptors (Lipinski definition) is 12. The Morgan fingerprint density at radius 3 is 1.32 bits per heavy atom. The standard InChI is InChI=1S/C28H34N6O10/c29-13(1-7-19(37)38)27(43)33-11-9-31-15-3-4-16(32-10-12-34-28(44)14(30)2-8-20(39)40)22-21(15)25(41)23-17(35)5-6-18(36)24(23)26(22)42/h3-6,13-14,31-32,35-36H,1-2,7-12,29-30H2,(H,33,43)(H,34,44)(H,37,38)(H,39,40)/t13-,14+. The number of hydrogen-bond donors (Lipinski definition) is 10. The van der Waals surface area contributed by atoms with Crippen LogP contribution in [0, 0.1) is 0 Å². The molecule has 0 spiro atoms. The van der Waals surface area contributed by atoms with Crippen molar-refractivity contribution in [1.29, 1.82) is 0 Å². The number of phenols is 2. The fourth-order valence-corrected chi connectivity index (χ4v) is 4.51. The van der Waals surface area contributed by atoms with Crippen LogP contribution in [0.5, 0.6) is 11.5 Å². The smallest absolute Gasteiger partial charge is 0.303 e. The van der Waals surface area contributed by atoms with E-state index in [2.05, 4.69) is 21.3 Å². The van der Waals surface area contributed by atoms with E-state index in [1.807, 2.05) is 0 Å². The lowest BCUT2D eigenvalue weighted by atomic mass is 9.81. The molecule has 16 nitrogen and oxygen atoms in total. The minimum absolute atomic E-state index is 0.0352. The van der Waals surface area contributed by atoms with E-state index >= 15 is 0 Å². The molecular formula is C28H34N6O10. The molecule has 0 aliphatic heterocycles. The molecule has 0 saturated carbocycles. The number of carboxylic acid groups (broad SMARTS) is 2. The van der Waals surface area contributed by atoms with Crippen LogP contribution < -0.4 is 32.7 Å². The number of amides is 2. The summed E-state index contributed by atoms with van der Waals surface area (Å²) < 4.78 is 0. The van der Waals surface area contributed by atoms with E-state index in [0.29, 0.717) is 0 Å². The van der Waals surface area contributed by atoms with Gasteiger partial charge in [0.25, 0.3) is 0 Å². The molecule has 0 radical (unpaired) electrons. The van der Waals surface area contributed by atoms with Gasteiger partial charge >= 0.3 is 11.9 Å². The Morgan fingerprint density at radius 2 is 0.977 bits per heavy atom. The maximum Gasteiger partial charge on any atom is 0.303 e. The summed E-state index contributed by atoms with van der Waals surface area (Å²) in [5.41, 5.74) is 10.8. The van der Waals surface area contributed by atoms with Gasteiger partial charge in [0.05, 0.1) is 34.3 Å². The van der Waals surface area contributed by atoms with Crippen molar-refractivity contribution in [2.45, 2.75) is 37.8 Å². The molecule has 1 aliphatic rings. The monoisotopic (exact) mass is 614 g/mol. The highest BCUT2D eigenvalue weighted by Crippen LogP contribution is 2.42. The average Bonchev–Trinajstić information content (AvgIpc) is 2.98. The van der Waals surface area contributed by atoms with E-state index in [0.717, 1.165) is 12.1 Å². The molecule has 0 saturated heterocycles. The number of carbonyl (C=O) groups is 6. The summed E-state index contributed by atoms with van der Waals surface area (Å²) in [7, 11) is 0. The molecule has 3 rings (SSSR count). The van der Waals surface area contributed by atoms with Gasteiger partial charge in [0, 0.05) is 50.4 Å². The first kappa shape index (κ1) is 33.3. The van der Waals surface area contributed by atoms with E-state index < -0.39 is 58.9 Å². The van der Waals surface area contributed by atoms with Gasteiger partial charge in [-0.1, -0.05) is 0 Å². The molecule has 0 fully saturated rings. The number of ketones is 2. The molecule has 2 aromatic carbocycles. The van der Waals surface area contributed by atoms with Crippen LogP contribution in [-0.4, -0.2) is 94.0 Å². The van der Waals surface area contributed by atoms with Crippen LogP contribution in [0.25, 0.3) is 0 Å². The van der Waals surface area contributed by atoms with Crippen LogP contribution >= 0.6 is 0 Å². The van der Waals surface area contributed by atoms with Gasteiger partial charge in [-0.05, 0) is 37.1 Å². The normalized spacial score (nSPS) is 13.2. The van der Waals surface area contributed by atoms with Crippen molar-refractivity contribution < 1.29 is 49.2 Å². The zero-order chi connectivity index (χ0) is 32.6. The van der Waals surface area contributed by atoms with Crippen molar-refractivity contribution in [2.75, 3.05) is 36.8 Å². The van der Waals surface area contributed by atoms with Crippen LogP contribution in [0.15, 0.2) is 24.3 Å². The Hall–Kier alpha value is -5.22. The average molecular weight is 615 g/mol. The molecular weight excluding hydrogens is 580 g/mol. The van der Waals surface area contributed by atoms with Crippen LogP contribution in [0.1, 0.15) is 57.5 Å². The second-order valence-corrected chi connectivity index (χ2v) is 9.94. The molecule has 2 atom stereocenters. The van der Waals surface area contributed by atoms with E-state index in [1.165, 1.54) is 12.1 Å². The first-order valence-electron chi connectivity index (χ1n) is 13.6. The maximum absolute atomic E-state index is 13.6. The summed E-state index contributed by atoms with van der Waals surface area (Å²) in [6.07, 6.45) is -0.646. The summed E-state index contributed by atoms with van der Waals surface area (Å²) >= 11 is 0. The number of nitrogens with one attached hydrogen (secondary N) is 4. The van der Waals surface area contributed by atoms with Crippen LogP contribution in [0.4, 0.5) is 11.4 Å². The molecule has 12 N–H and O–H groups in total. The third kappa shape index (κ3) is 7.99. The van der Waals surface area contributed by atoms with Gasteiger partial charge in [-0.15, -0.1) is 0 Å². The number of fused-ring (bicyclic) bond motifs is 2. The molecule has 0 heterocycles. The van der Waals surface area contributed by atoms with Gasteiger partial charge in [0.15, 0.2) is 0 Å². The van der Waals surface area contributed by atoms with E-state index in [9.17, 15) is 39.0 Å². The highest BCUT2D eigenvalue weighted by molar-refractivity contribution is 6.33. The number of anilines is 2. The lowest BCUT2D eigenvalue weighted by molar-refractivity contribution is -0.138. The topological polar surface area (TPSA) is 284 Å². The maximum atomic E-state index is 13.6. The fraction of sp³-hybridized carbons (Fsp3) is 0.357. The molecule has 16 heteroatoms. The Kier molecular flexibility index (Phi) is 11.2. The van der Waals surface area contributed by atoms with Crippen molar-refractivity contribution in [2.24, 2.45) is 11.5 Å². The van der Waals surface area contributed by atoms with Gasteiger partial charge in [0.1, 0.15) is 11.5 Å². The van der Waals surface area contributed by atoms with Crippen LogP contribution in [0.3, 0.4) is 0 Å². The largest absolute Gasteiger partial charge is 0.507 e. The number of phenolic OH excluding ortho intramolecular Hbond substituents is 2. The summed E-state index contributed by atoms with van der Waals surface area (Å²) in [6.45, 7) is 0.219. The number of carbonyl (C=O) groups excluding carboxylic acids is 4. The zero-order valence-corrected chi connectivity index (χ0v) is 23.5. The van der Waals surface area contributed by atoms with Gasteiger partial charge in [0.2, 0.25) is 23.4 Å². The van der Waals surface area contributed by atoms with Gasteiger partial charge < -0.3 is 53.2 Å². The number of benzene rings is 2. The van der Waals surface area contributed by atoms with Gasteiger partial charge in [-0.3, -0.25) is 28.8 Å². The SMILES string of the molecule is N[C@H](CCC(=O)O)C(=O)NCCNc1ccc(NCCNC(=O)[C@@H](N)CCC(=O)O)c2c1C(=O)c1c(O)ccc(O)c1C2=O. The van der Waals surface area contributed by atoms with Crippen LogP contribution in [-0.2, 0) is 19.2 Å². The Balaban J connectivity index is 1.77. The second kappa shape index (κ2) is 14.8. The lowest BCUT2D eigenvalue weighted by Gasteiger charge is -2.25. The number of aliphatic carboxylic acids is 2. The molecule has 2 amide bonds. The van der Waals surface area contributed by atoms with Crippen molar-refractivity contribution >= 4 is 46.7 Å². The Morgan fingerprint density at radius 1 is 0.614 bits per heavy atom. The Bertz CT molecular complexity index is 1370. The van der Waals surface area contributed by atoms with Gasteiger partial charge in [-0.25, -0.2) is 0 Å². The van der Waals surface area contributed by atoms with Crippen LogP contribution in [0.2, 0.25) is 0 Å². The fourth-order valence-electron chi connectivity index (χ4n) is 4.51. The minimum Gasteiger partial charge on any atom is -0.507 e. The number of carboxylic acids is 2. The summed E-state index contributed by atoms with van der Waals surface area (Å²) in [5.74, 6) is -5.79. The third-order valence-corrected chi connectivity index (χ3v) is 6.77. The van der Waals surface area contributed by atoms with E-state index in [-0.39, 0.29) is 85.5 Å². The minimum atomic E-state index is -1.08. The third-order valence-electron chi connectivity index (χ3n) is 6.77. The summed E-state index contributed by atoms with van der Waals surface area (Å²) in [4.78, 5) is 72.9. The first-order chi connectivity index (χ1) is 20.8. The number of nitrogens with two attached hydrogens (primary N) is 2. The lowest BCUT2D eigenvalue weighted by Crippen LogP contribution is -2.42. The molecule has 0 bridgehead atoms. The Labute approximate surface area is 250 Å². The van der Waals surface area contributed by atoms with E-state index in [4.69, 9.17) is 21.7 Å². The molecule has 236 valence electrons. The number of rotatable bonds is 16. The van der Waals surface area contributed by atoms with Gasteiger partial charge in [-0.2, -0.15) is 0 Å². The number of aromatic hydroxyl groups is 2. The molecule has 44 heavy (non-hydrogen) atoms. The molecule has 0 unspecified atom stereocenters. The quantitative estimate of drug-likeness (QED) is 0.0706. The predicted octanol–water partition coefficient (Wildman–Crippen LogP) is -0.686. The van der Waals surface area contributed by atoms with Crippen molar-refractivity contribution in [3.05, 3.63) is 46.5 Å². The molecule has 2 aromatic rings. The molecule has 1 aliphatic carbocycles. The summed E-state index contributed by atoms with van der Waals surface area (Å²) in [6, 6.07) is 3.12. The van der Waals surface area contributed by atoms with Crippen molar-refractivity contribution in [3.8, 4) is 11.5 Å². The van der Waals surface area contributed by atoms with Crippen molar-refractivity contribution in [1.82, 2.24) is 10.6 Å². The van der Waals surface area contributed by atoms with Crippen molar-refractivity contribution in [3.63, 3.8) is 0 Å². The first-order valence-corrected chi connectivity index (χ1v) is 13.6. The summed E-state index contributed by atoms with van der Waals surface area (Å²) in [5, 5.41) is 49.3.